The molecule has 108 valence electrons. The number of aromatic nitrogens is 3. The van der Waals surface area contributed by atoms with Gasteiger partial charge in [0.25, 0.3) is 0 Å². The Bertz CT molecular complexity index is 600. The molecular formula is C11H12BrN3O3S2. The zero-order valence-electron chi connectivity index (χ0n) is 10.6. The van der Waals surface area contributed by atoms with Crippen LogP contribution in [0.3, 0.4) is 0 Å². The molecule has 1 N–H and O–H groups in total. The normalized spacial score (nSPS) is 10.9. The Labute approximate surface area is 132 Å². The minimum Gasteiger partial charge on any atom is -0.481 e. The number of carboxylic acids is 1. The molecule has 0 fully saturated rings. The van der Waals surface area contributed by atoms with Crippen molar-refractivity contribution in [1.82, 2.24) is 14.8 Å². The van der Waals surface area contributed by atoms with E-state index in [1.165, 1.54) is 0 Å². The average Bonchev–Trinajstić information content (AvgIpc) is 2.99. The van der Waals surface area contributed by atoms with E-state index < -0.39 is 5.97 Å². The van der Waals surface area contributed by atoms with E-state index in [9.17, 15) is 4.79 Å². The fourth-order valence-corrected chi connectivity index (χ4v) is 3.75. The third-order valence-electron chi connectivity index (χ3n) is 2.38. The van der Waals surface area contributed by atoms with Gasteiger partial charge in [-0.25, -0.2) is 0 Å². The number of hydrogen-bond acceptors (Lipinski definition) is 6. The van der Waals surface area contributed by atoms with Gasteiger partial charge in [-0.15, -0.1) is 21.5 Å². The Hall–Kier alpha value is -0.900. The highest BCUT2D eigenvalue weighted by atomic mass is 79.9. The van der Waals surface area contributed by atoms with Gasteiger partial charge in [-0.05, 0) is 27.4 Å². The van der Waals surface area contributed by atoms with E-state index in [0.29, 0.717) is 18.3 Å². The van der Waals surface area contributed by atoms with Crippen LogP contribution in [0.5, 0.6) is 0 Å². The largest absolute Gasteiger partial charge is 0.481 e. The smallest absolute Gasteiger partial charge is 0.313 e. The summed E-state index contributed by atoms with van der Waals surface area (Å²) in [6.07, 6.45) is 0. The first kappa shape index (κ1) is 15.5. The lowest BCUT2D eigenvalue weighted by molar-refractivity contribution is -0.133. The van der Waals surface area contributed by atoms with Crippen LogP contribution in [0.15, 0.2) is 21.1 Å². The Morgan fingerprint density at radius 1 is 1.60 bits per heavy atom. The Morgan fingerprint density at radius 3 is 3.00 bits per heavy atom. The third kappa shape index (κ3) is 3.60. The monoisotopic (exact) mass is 377 g/mol. The highest BCUT2D eigenvalue weighted by Crippen LogP contribution is 2.34. The van der Waals surface area contributed by atoms with Gasteiger partial charge < -0.3 is 9.84 Å². The van der Waals surface area contributed by atoms with Crippen LogP contribution < -0.4 is 0 Å². The van der Waals surface area contributed by atoms with E-state index in [4.69, 9.17) is 9.84 Å². The second-order valence-electron chi connectivity index (χ2n) is 3.73. The number of methoxy groups -OCH3 is 1. The highest BCUT2D eigenvalue weighted by molar-refractivity contribution is 9.10. The summed E-state index contributed by atoms with van der Waals surface area (Å²) in [7, 11) is 1.62. The summed E-state index contributed by atoms with van der Waals surface area (Å²) < 4.78 is 7.92. The quantitative estimate of drug-likeness (QED) is 0.747. The topological polar surface area (TPSA) is 77.2 Å². The summed E-state index contributed by atoms with van der Waals surface area (Å²) in [5.41, 5.74) is 0. The number of carboxylic acid groups (broad SMARTS) is 1. The first-order valence-electron chi connectivity index (χ1n) is 5.63. The van der Waals surface area contributed by atoms with Gasteiger partial charge in [-0.1, -0.05) is 11.8 Å². The molecule has 0 saturated heterocycles. The van der Waals surface area contributed by atoms with Crippen LogP contribution in [0.4, 0.5) is 0 Å². The van der Waals surface area contributed by atoms with Crippen molar-refractivity contribution in [2.75, 3.05) is 19.5 Å². The standard InChI is InChI=1S/C11H12BrN3O3S2/c1-18-4-3-15-10(9-7(12)2-5-19-9)13-14-11(15)20-6-8(16)17/h2,5H,3-4,6H2,1H3,(H,16,17). The average molecular weight is 378 g/mol. The van der Waals surface area contributed by atoms with E-state index in [-0.39, 0.29) is 5.75 Å². The van der Waals surface area contributed by atoms with E-state index in [0.717, 1.165) is 26.9 Å². The first-order chi connectivity index (χ1) is 9.63. The maximum atomic E-state index is 10.7. The van der Waals surface area contributed by atoms with Crippen LogP contribution in [0.25, 0.3) is 10.7 Å². The molecule has 0 saturated carbocycles. The molecule has 0 aliphatic rings. The summed E-state index contributed by atoms with van der Waals surface area (Å²) in [6.45, 7) is 1.08. The van der Waals surface area contributed by atoms with Crippen molar-refractivity contribution in [3.63, 3.8) is 0 Å². The third-order valence-corrected chi connectivity index (χ3v) is 5.17. The Morgan fingerprint density at radius 2 is 2.40 bits per heavy atom. The zero-order chi connectivity index (χ0) is 14.5. The van der Waals surface area contributed by atoms with Crippen LogP contribution in [-0.2, 0) is 16.1 Å². The lowest BCUT2D eigenvalue weighted by atomic mass is 10.4. The van der Waals surface area contributed by atoms with Gasteiger partial charge in [-0.3, -0.25) is 9.36 Å². The van der Waals surface area contributed by atoms with Gasteiger partial charge in [0.05, 0.1) is 23.8 Å². The summed E-state index contributed by atoms with van der Waals surface area (Å²) in [5.74, 6) is -0.205. The SMILES string of the molecule is COCCn1c(SCC(=O)O)nnc1-c1sccc1Br. The van der Waals surface area contributed by atoms with Crippen LogP contribution in [0, 0.1) is 0 Å². The molecule has 2 aromatic heterocycles. The summed E-state index contributed by atoms with van der Waals surface area (Å²) in [5, 5.41) is 19.6. The minimum atomic E-state index is -0.879. The number of hydrogen-bond donors (Lipinski definition) is 1. The Balaban J connectivity index is 2.31. The molecular weight excluding hydrogens is 366 g/mol. The fourth-order valence-electron chi connectivity index (χ4n) is 1.53. The minimum absolute atomic E-state index is 0.0449. The number of halogens is 1. The van der Waals surface area contributed by atoms with Gasteiger partial charge in [0.2, 0.25) is 0 Å². The number of ether oxygens (including phenoxy) is 1. The number of rotatable bonds is 7. The van der Waals surface area contributed by atoms with Crippen molar-refractivity contribution in [1.29, 1.82) is 0 Å². The molecule has 0 bridgehead atoms. The second kappa shape index (κ2) is 7.21. The van der Waals surface area contributed by atoms with Crippen LogP contribution >= 0.6 is 39.0 Å². The number of carbonyl (C=O) groups is 1. The van der Waals surface area contributed by atoms with Crippen molar-refractivity contribution in [3.8, 4) is 10.7 Å². The molecule has 20 heavy (non-hydrogen) atoms. The molecule has 9 heteroatoms. The summed E-state index contributed by atoms with van der Waals surface area (Å²) >= 11 is 6.18. The number of nitrogens with zero attached hydrogens (tertiary/aromatic N) is 3. The van der Waals surface area contributed by atoms with E-state index in [1.807, 2.05) is 16.0 Å². The molecule has 0 spiro atoms. The van der Waals surface area contributed by atoms with E-state index >= 15 is 0 Å². The maximum absolute atomic E-state index is 10.7. The fraction of sp³-hybridized carbons (Fsp3) is 0.364. The molecule has 0 aliphatic heterocycles. The number of aliphatic carboxylic acids is 1. The Kier molecular flexibility index (Phi) is 5.58. The van der Waals surface area contributed by atoms with Crippen molar-refractivity contribution in [2.24, 2.45) is 0 Å². The molecule has 0 aromatic carbocycles. The molecule has 0 radical (unpaired) electrons. The predicted octanol–water partition coefficient (Wildman–Crippen LogP) is 2.59. The maximum Gasteiger partial charge on any atom is 0.313 e. The van der Waals surface area contributed by atoms with Crippen molar-refractivity contribution < 1.29 is 14.6 Å². The predicted molar refractivity (Wildman–Crippen MR) is 81.3 cm³/mol. The van der Waals surface area contributed by atoms with Crippen LogP contribution in [0.1, 0.15) is 0 Å². The first-order valence-corrected chi connectivity index (χ1v) is 8.29. The molecule has 0 aliphatic carbocycles. The molecule has 2 aromatic rings. The molecule has 6 nitrogen and oxygen atoms in total. The van der Waals surface area contributed by atoms with E-state index in [1.54, 1.807) is 18.4 Å². The molecule has 0 unspecified atom stereocenters. The van der Waals surface area contributed by atoms with Crippen molar-refractivity contribution >= 4 is 45.0 Å². The summed E-state index contributed by atoms with van der Waals surface area (Å²) in [6, 6.07) is 1.94. The second-order valence-corrected chi connectivity index (χ2v) is 6.44. The van der Waals surface area contributed by atoms with Crippen LogP contribution in [-0.4, -0.2) is 45.3 Å². The van der Waals surface area contributed by atoms with Gasteiger partial charge in [0.15, 0.2) is 11.0 Å². The number of thiophene rings is 1. The molecule has 0 amide bonds. The van der Waals surface area contributed by atoms with E-state index in [2.05, 4.69) is 26.1 Å². The molecule has 0 atom stereocenters. The van der Waals surface area contributed by atoms with Gasteiger partial charge in [0.1, 0.15) is 0 Å². The molecule has 2 heterocycles. The van der Waals surface area contributed by atoms with Gasteiger partial charge in [-0.2, -0.15) is 0 Å². The lowest BCUT2D eigenvalue weighted by Gasteiger charge is -2.08. The van der Waals surface area contributed by atoms with Gasteiger partial charge in [0, 0.05) is 11.6 Å². The summed E-state index contributed by atoms with van der Waals surface area (Å²) in [4.78, 5) is 11.6. The highest BCUT2D eigenvalue weighted by Gasteiger charge is 2.18. The van der Waals surface area contributed by atoms with Crippen molar-refractivity contribution in [2.45, 2.75) is 11.7 Å². The number of thioether (sulfide) groups is 1. The van der Waals surface area contributed by atoms with Crippen LogP contribution in [0.2, 0.25) is 0 Å². The molecule has 2 rings (SSSR count). The van der Waals surface area contributed by atoms with Crippen molar-refractivity contribution in [3.05, 3.63) is 15.9 Å². The zero-order valence-corrected chi connectivity index (χ0v) is 13.8. The van der Waals surface area contributed by atoms with Gasteiger partial charge >= 0.3 is 5.97 Å². The lowest BCUT2D eigenvalue weighted by Crippen LogP contribution is -2.08.